The van der Waals surface area contributed by atoms with Gasteiger partial charge in [0.2, 0.25) is 0 Å². The Bertz CT molecular complexity index is 1210. The zero-order chi connectivity index (χ0) is 30.7. The van der Waals surface area contributed by atoms with Crippen LogP contribution in [0.1, 0.15) is 98.5 Å². The van der Waals surface area contributed by atoms with Gasteiger partial charge in [0, 0.05) is 0 Å². The highest BCUT2D eigenvalue weighted by Crippen LogP contribution is 2.40. The largest absolute Gasteiger partial charge is 0.376 e. The molecule has 44 heavy (non-hydrogen) atoms. The zero-order valence-electron chi connectivity index (χ0n) is 26.0. The number of rotatable bonds is 10. The van der Waals surface area contributed by atoms with Crippen molar-refractivity contribution in [3.05, 3.63) is 107 Å². The lowest BCUT2D eigenvalue weighted by Gasteiger charge is -2.32. The average molecular weight is 627 g/mol. The van der Waals surface area contributed by atoms with Crippen LogP contribution in [-0.4, -0.2) is 10.2 Å². The number of nitrogens with one attached hydrogen (secondary N) is 2. The Hall–Kier alpha value is -2.96. The number of hydrogen-bond acceptors (Lipinski definition) is 2. The van der Waals surface area contributed by atoms with Crippen molar-refractivity contribution in [3.63, 3.8) is 0 Å². The van der Waals surface area contributed by atoms with Gasteiger partial charge < -0.3 is 22.1 Å². The average Bonchev–Trinajstić information content (AvgIpc) is 3.40. The van der Waals surface area contributed by atoms with Crippen LogP contribution in [0.25, 0.3) is 0 Å². The van der Waals surface area contributed by atoms with Crippen LogP contribution in [0.4, 0.5) is 0 Å². The van der Waals surface area contributed by atoms with Gasteiger partial charge in [-0.15, -0.1) is 0 Å². The zero-order valence-corrected chi connectivity index (χ0v) is 27.6. The molecule has 0 bridgehead atoms. The number of hydrogen-bond donors (Lipinski definition) is 4. The van der Waals surface area contributed by atoms with Crippen molar-refractivity contribution in [2.75, 3.05) is 0 Å². The van der Waals surface area contributed by atoms with Gasteiger partial charge >= 0.3 is 0 Å². The maximum atomic E-state index is 6.13. The van der Waals surface area contributed by atoms with Gasteiger partial charge in [0.15, 0.2) is 10.2 Å². The smallest absolute Gasteiger partial charge is 0.164 e. The fourth-order valence-corrected chi connectivity index (χ4v) is 8.30. The van der Waals surface area contributed by atoms with E-state index in [0.717, 1.165) is 12.8 Å². The van der Waals surface area contributed by atoms with Crippen molar-refractivity contribution < 1.29 is 0 Å². The summed E-state index contributed by atoms with van der Waals surface area (Å²) >= 11 is 10.8. The highest BCUT2D eigenvalue weighted by atomic mass is 32.1. The molecule has 0 amide bonds. The lowest BCUT2D eigenvalue weighted by Crippen LogP contribution is -2.38. The van der Waals surface area contributed by atoms with Gasteiger partial charge in [0.25, 0.3) is 0 Å². The Kier molecular flexibility index (Phi) is 12.1. The summed E-state index contributed by atoms with van der Waals surface area (Å²) < 4.78 is 0. The molecule has 6 unspecified atom stereocenters. The summed E-state index contributed by atoms with van der Waals surface area (Å²) in [6, 6.07) is 31.2. The van der Waals surface area contributed by atoms with Gasteiger partial charge in [-0.3, -0.25) is 0 Å². The van der Waals surface area contributed by atoms with Crippen LogP contribution < -0.4 is 22.1 Å². The van der Waals surface area contributed by atoms with E-state index in [1.165, 1.54) is 86.5 Å². The minimum Gasteiger partial charge on any atom is -0.376 e. The van der Waals surface area contributed by atoms with Gasteiger partial charge in [-0.05, 0) is 109 Å². The fourth-order valence-electron chi connectivity index (χ4n) is 8.04. The van der Waals surface area contributed by atoms with Gasteiger partial charge in [0.05, 0.1) is 12.1 Å². The van der Waals surface area contributed by atoms with Crippen molar-refractivity contribution >= 4 is 34.7 Å². The predicted molar refractivity (Wildman–Crippen MR) is 192 cm³/mol. The van der Waals surface area contributed by atoms with E-state index in [1.807, 2.05) is 0 Å². The van der Waals surface area contributed by atoms with Crippen LogP contribution in [-0.2, 0) is 12.8 Å². The SMILES string of the molecule is NC(=S)NC(c1ccc(C(NC(N)=S)C2CCCCC(Cc3ccccc3)C2)cc1)C1CCCCC(Cc2ccccc2)C1. The predicted octanol–water partition coefficient (Wildman–Crippen LogP) is 8.31. The Labute approximate surface area is 275 Å². The minimum atomic E-state index is 0.105. The summed E-state index contributed by atoms with van der Waals surface area (Å²) in [6.45, 7) is 0. The first kappa shape index (κ1) is 32.4. The van der Waals surface area contributed by atoms with E-state index in [-0.39, 0.29) is 12.1 Å². The monoisotopic (exact) mass is 626 g/mol. The van der Waals surface area contributed by atoms with E-state index in [1.54, 1.807) is 0 Å². The Balaban J connectivity index is 1.33. The molecule has 2 aliphatic carbocycles. The van der Waals surface area contributed by atoms with E-state index in [4.69, 9.17) is 35.9 Å². The third kappa shape index (κ3) is 9.52. The summed E-state index contributed by atoms with van der Waals surface area (Å²) in [7, 11) is 0. The number of thiocarbonyl (C=S) groups is 2. The molecule has 0 radical (unpaired) electrons. The van der Waals surface area contributed by atoms with Crippen LogP contribution in [0.15, 0.2) is 84.9 Å². The molecule has 0 saturated heterocycles. The van der Waals surface area contributed by atoms with Crippen LogP contribution in [0.3, 0.4) is 0 Å². The molecule has 3 aromatic rings. The van der Waals surface area contributed by atoms with Crippen molar-refractivity contribution in [3.8, 4) is 0 Å². The second-order valence-corrected chi connectivity index (χ2v) is 14.2. The van der Waals surface area contributed by atoms with E-state index >= 15 is 0 Å². The maximum Gasteiger partial charge on any atom is 0.164 e. The third-order valence-electron chi connectivity index (χ3n) is 10.1. The standard InChI is InChI=1S/C38H50N4S2/c39-37(43)41-35(33-17-9-7-15-29(25-33)23-27-11-3-1-4-12-27)31-19-21-32(22-20-31)36(42-38(40)44)34-18-10-8-16-30(26-34)24-28-13-5-2-6-14-28/h1-6,11-14,19-22,29-30,33-36H,7-10,15-18,23-26H2,(H3,39,41,43)(H3,40,42,44). The van der Waals surface area contributed by atoms with Gasteiger partial charge in [-0.1, -0.05) is 123 Å². The highest BCUT2D eigenvalue weighted by molar-refractivity contribution is 7.80. The normalized spacial score (nSPS) is 23.8. The fraction of sp³-hybridized carbons (Fsp3) is 0.474. The quantitative estimate of drug-likeness (QED) is 0.134. The Morgan fingerprint density at radius 3 is 1.30 bits per heavy atom. The van der Waals surface area contributed by atoms with Crippen LogP contribution in [0.2, 0.25) is 0 Å². The molecule has 2 aliphatic rings. The molecule has 2 saturated carbocycles. The van der Waals surface area contributed by atoms with Crippen LogP contribution in [0.5, 0.6) is 0 Å². The van der Waals surface area contributed by atoms with Crippen molar-refractivity contribution in [2.45, 2.75) is 89.1 Å². The number of nitrogens with two attached hydrogens (primary N) is 2. The molecule has 0 spiro atoms. The molecule has 5 rings (SSSR count). The molecule has 234 valence electrons. The second-order valence-electron chi connectivity index (χ2n) is 13.3. The molecule has 6 N–H and O–H groups in total. The first-order valence-electron chi connectivity index (χ1n) is 16.7. The molecule has 2 fully saturated rings. The van der Waals surface area contributed by atoms with Gasteiger partial charge in [-0.2, -0.15) is 0 Å². The Morgan fingerprint density at radius 2 is 0.932 bits per heavy atom. The van der Waals surface area contributed by atoms with Crippen molar-refractivity contribution in [1.29, 1.82) is 0 Å². The molecular weight excluding hydrogens is 577 g/mol. The molecular formula is C38H50N4S2. The first-order chi connectivity index (χ1) is 21.4. The Morgan fingerprint density at radius 1 is 0.568 bits per heavy atom. The molecule has 0 aliphatic heterocycles. The molecule has 6 heteroatoms. The van der Waals surface area contributed by atoms with Gasteiger partial charge in [0.1, 0.15) is 0 Å². The molecule has 4 nitrogen and oxygen atoms in total. The topological polar surface area (TPSA) is 76.1 Å². The van der Waals surface area contributed by atoms with Crippen molar-refractivity contribution in [1.82, 2.24) is 10.6 Å². The molecule has 0 heterocycles. The van der Waals surface area contributed by atoms with Crippen LogP contribution >= 0.6 is 24.4 Å². The number of benzene rings is 3. The summed E-state index contributed by atoms with van der Waals surface area (Å²) in [4.78, 5) is 0. The highest BCUT2D eigenvalue weighted by Gasteiger charge is 2.31. The molecule has 6 atom stereocenters. The van der Waals surface area contributed by atoms with Gasteiger partial charge in [-0.25, -0.2) is 0 Å². The minimum absolute atomic E-state index is 0.105. The van der Waals surface area contributed by atoms with E-state index in [0.29, 0.717) is 33.9 Å². The first-order valence-corrected chi connectivity index (χ1v) is 17.6. The maximum absolute atomic E-state index is 6.13. The molecule has 3 aromatic carbocycles. The van der Waals surface area contributed by atoms with Crippen molar-refractivity contribution in [2.24, 2.45) is 35.1 Å². The molecule has 0 aromatic heterocycles. The third-order valence-corrected chi connectivity index (χ3v) is 10.3. The van der Waals surface area contributed by atoms with Crippen LogP contribution in [0, 0.1) is 23.7 Å². The lowest BCUT2D eigenvalue weighted by molar-refractivity contribution is 0.307. The van der Waals surface area contributed by atoms with E-state index in [9.17, 15) is 0 Å². The summed E-state index contributed by atoms with van der Waals surface area (Å²) in [5.41, 5.74) is 17.6. The second kappa shape index (κ2) is 16.4. The summed E-state index contributed by atoms with van der Waals surface area (Å²) in [5.74, 6) is 2.28. The van der Waals surface area contributed by atoms with E-state index < -0.39 is 0 Å². The lowest BCUT2D eigenvalue weighted by atomic mass is 9.80. The summed E-state index contributed by atoms with van der Waals surface area (Å²) in [5, 5.41) is 7.77. The summed E-state index contributed by atoms with van der Waals surface area (Å²) in [6.07, 6.45) is 14.6. The van der Waals surface area contributed by atoms with E-state index in [2.05, 4.69) is 95.6 Å².